The van der Waals surface area contributed by atoms with Crippen LogP contribution in [0.1, 0.15) is 23.3 Å². The zero-order chi connectivity index (χ0) is 15.1. The first-order valence-corrected chi connectivity index (χ1v) is 8.66. The summed E-state index contributed by atoms with van der Waals surface area (Å²) >= 11 is 3.10. The number of thioether (sulfide) groups is 1. The van der Waals surface area contributed by atoms with E-state index in [9.17, 15) is 9.59 Å². The second-order valence-electron chi connectivity index (χ2n) is 5.34. The lowest BCUT2D eigenvalue weighted by Gasteiger charge is -2.11. The molecular weight excluding hydrogens is 306 g/mol. The van der Waals surface area contributed by atoms with Gasteiger partial charge in [0.25, 0.3) is 5.56 Å². The molecule has 5 nitrogen and oxygen atoms in total. The number of carbonyl (C=O) groups excluding carboxylic acids is 1. The van der Waals surface area contributed by atoms with Gasteiger partial charge in [-0.1, -0.05) is 11.8 Å². The van der Waals surface area contributed by atoms with Gasteiger partial charge in [0.2, 0.25) is 5.91 Å². The Morgan fingerprint density at radius 3 is 2.86 bits per heavy atom. The summed E-state index contributed by atoms with van der Waals surface area (Å²) in [6, 6.07) is 0.182. The number of aryl methyl sites for hydroxylation is 2. The second-order valence-corrected chi connectivity index (χ2v) is 7.53. The average molecular weight is 323 g/mol. The molecule has 1 fully saturated rings. The quantitative estimate of drug-likeness (QED) is 0.693. The third-order valence-corrected chi connectivity index (χ3v) is 6.16. The van der Waals surface area contributed by atoms with Crippen molar-refractivity contribution in [3.05, 3.63) is 20.8 Å². The number of rotatable bonds is 3. The van der Waals surface area contributed by atoms with Gasteiger partial charge in [-0.3, -0.25) is 14.2 Å². The molecule has 0 spiro atoms. The molecule has 0 radical (unpaired) electrons. The maximum absolute atomic E-state index is 12.5. The maximum atomic E-state index is 12.5. The first-order chi connectivity index (χ1) is 9.97. The largest absolute Gasteiger partial charge is 0.353 e. The van der Waals surface area contributed by atoms with E-state index < -0.39 is 0 Å². The molecule has 3 rings (SSSR count). The van der Waals surface area contributed by atoms with Crippen LogP contribution in [-0.4, -0.2) is 27.3 Å². The predicted molar refractivity (Wildman–Crippen MR) is 86.2 cm³/mol. The number of amides is 1. The molecule has 1 aliphatic rings. The van der Waals surface area contributed by atoms with E-state index in [-0.39, 0.29) is 17.5 Å². The molecule has 0 bridgehead atoms. The highest BCUT2D eigenvalue weighted by atomic mass is 32.2. The SMILES string of the molecule is Cc1sc2nc(SC[C@H]3CCC(=O)N3)n(C)c(=O)c2c1C. The van der Waals surface area contributed by atoms with Crippen molar-refractivity contribution >= 4 is 39.2 Å². The fraction of sp³-hybridized carbons (Fsp3) is 0.500. The molecular formula is C14H17N3O2S2. The van der Waals surface area contributed by atoms with Gasteiger partial charge in [0.05, 0.1) is 5.39 Å². The van der Waals surface area contributed by atoms with E-state index in [0.29, 0.717) is 6.42 Å². The molecule has 0 aliphatic carbocycles. The van der Waals surface area contributed by atoms with Gasteiger partial charge in [-0.25, -0.2) is 4.98 Å². The fourth-order valence-corrected chi connectivity index (χ4v) is 4.57. The molecule has 1 saturated heterocycles. The standard InChI is InChI=1S/C14H17N3O2S2/c1-7-8(2)21-12-11(7)13(19)17(3)14(16-12)20-6-9-4-5-10(18)15-9/h9H,4-6H2,1-3H3,(H,15,18)/t9-/m1/s1. The van der Waals surface area contributed by atoms with Gasteiger partial charge < -0.3 is 5.32 Å². The van der Waals surface area contributed by atoms with Gasteiger partial charge in [0.15, 0.2) is 5.16 Å². The van der Waals surface area contributed by atoms with Gasteiger partial charge in [0.1, 0.15) is 4.83 Å². The van der Waals surface area contributed by atoms with Crippen LogP contribution in [0.2, 0.25) is 0 Å². The zero-order valence-corrected chi connectivity index (χ0v) is 13.9. The Hall–Kier alpha value is -1.34. The van der Waals surface area contributed by atoms with E-state index in [1.807, 2.05) is 13.8 Å². The number of nitrogens with zero attached hydrogens (tertiary/aromatic N) is 2. The first-order valence-electron chi connectivity index (χ1n) is 6.86. The lowest BCUT2D eigenvalue weighted by molar-refractivity contribution is -0.119. The average Bonchev–Trinajstić information content (AvgIpc) is 2.97. The molecule has 21 heavy (non-hydrogen) atoms. The number of hydrogen-bond acceptors (Lipinski definition) is 5. The predicted octanol–water partition coefficient (Wildman–Crippen LogP) is 1.98. The van der Waals surface area contributed by atoms with Gasteiger partial charge in [0, 0.05) is 30.1 Å². The van der Waals surface area contributed by atoms with E-state index in [2.05, 4.69) is 10.3 Å². The van der Waals surface area contributed by atoms with Crippen molar-refractivity contribution in [2.45, 2.75) is 37.9 Å². The zero-order valence-electron chi connectivity index (χ0n) is 12.2. The van der Waals surface area contributed by atoms with Crippen LogP contribution in [0.15, 0.2) is 9.95 Å². The van der Waals surface area contributed by atoms with Crippen molar-refractivity contribution in [3.63, 3.8) is 0 Å². The van der Waals surface area contributed by atoms with Crippen LogP contribution < -0.4 is 10.9 Å². The summed E-state index contributed by atoms with van der Waals surface area (Å²) in [5, 5.41) is 4.39. The fourth-order valence-electron chi connectivity index (χ4n) is 2.46. The Morgan fingerprint density at radius 2 is 2.19 bits per heavy atom. The third kappa shape index (κ3) is 2.60. The lowest BCUT2D eigenvalue weighted by Crippen LogP contribution is -2.28. The van der Waals surface area contributed by atoms with Crippen molar-refractivity contribution in [1.82, 2.24) is 14.9 Å². The van der Waals surface area contributed by atoms with E-state index in [1.165, 1.54) is 11.8 Å². The molecule has 112 valence electrons. The van der Waals surface area contributed by atoms with Crippen LogP contribution in [0.3, 0.4) is 0 Å². The van der Waals surface area contributed by atoms with Crippen LogP contribution in [-0.2, 0) is 11.8 Å². The summed E-state index contributed by atoms with van der Waals surface area (Å²) < 4.78 is 1.61. The smallest absolute Gasteiger partial charge is 0.262 e. The molecule has 0 aromatic carbocycles. The van der Waals surface area contributed by atoms with Crippen molar-refractivity contribution in [2.24, 2.45) is 7.05 Å². The molecule has 7 heteroatoms. The molecule has 2 aromatic heterocycles. The highest BCUT2D eigenvalue weighted by Crippen LogP contribution is 2.28. The molecule has 1 aliphatic heterocycles. The van der Waals surface area contributed by atoms with E-state index in [0.717, 1.165) is 38.0 Å². The van der Waals surface area contributed by atoms with Gasteiger partial charge in [-0.05, 0) is 25.8 Å². The van der Waals surface area contributed by atoms with Gasteiger partial charge in [-0.15, -0.1) is 11.3 Å². The summed E-state index contributed by atoms with van der Waals surface area (Å²) in [5.74, 6) is 0.864. The van der Waals surface area contributed by atoms with Crippen LogP contribution >= 0.6 is 23.1 Å². The number of carbonyl (C=O) groups is 1. The summed E-state index contributed by atoms with van der Waals surface area (Å²) in [7, 11) is 1.76. The number of nitrogens with one attached hydrogen (secondary N) is 1. The maximum Gasteiger partial charge on any atom is 0.262 e. The molecule has 1 N–H and O–H groups in total. The lowest BCUT2D eigenvalue weighted by atomic mass is 10.2. The Labute approximate surface area is 130 Å². The summed E-state index contributed by atoms with van der Waals surface area (Å²) in [6.45, 7) is 3.99. The summed E-state index contributed by atoms with van der Waals surface area (Å²) in [5.41, 5.74) is 1.04. The minimum Gasteiger partial charge on any atom is -0.353 e. The van der Waals surface area contributed by atoms with Crippen molar-refractivity contribution < 1.29 is 4.79 Å². The van der Waals surface area contributed by atoms with Crippen molar-refractivity contribution in [1.29, 1.82) is 0 Å². The minimum atomic E-state index is 0.0137. The highest BCUT2D eigenvalue weighted by Gasteiger charge is 2.22. The third-order valence-electron chi connectivity index (χ3n) is 3.87. The molecule has 0 saturated carbocycles. The summed E-state index contributed by atoms with van der Waals surface area (Å²) in [4.78, 5) is 30.3. The Morgan fingerprint density at radius 1 is 1.43 bits per heavy atom. The molecule has 2 aromatic rings. The topological polar surface area (TPSA) is 64.0 Å². The first kappa shape index (κ1) is 14.6. The highest BCUT2D eigenvalue weighted by molar-refractivity contribution is 7.99. The van der Waals surface area contributed by atoms with E-state index in [1.54, 1.807) is 23.0 Å². The Balaban J connectivity index is 1.90. The normalized spacial score (nSPS) is 18.4. The van der Waals surface area contributed by atoms with E-state index in [4.69, 9.17) is 0 Å². The number of hydrogen-bond donors (Lipinski definition) is 1. The molecule has 1 amide bonds. The number of fused-ring (bicyclic) bond motifs is 1. The van der Waals surface area contributed by atoms with Gasteiger partial charge >= 0.3 is 0 Å². The monoisotopic (exact) mass is 323 g/mol. The van der Waals surface area contributed by atoms with E-state index >= 15 is 0 Å². The molecule has 3 heterocycles. The van der Waals surface area contributed by atoms with Crippen LogP contribution in [0.4, 0.5) is 0 Å². The van der Waals surface area contributed by atoms with Crippen LogP contribution in [0.5, 0.6) is 0 Å². The minimum absolute atomic E-state index is 0.0137. The number of thiophene rings is 1. The second kappa shape index (κ2) is 5.46. The van der Waals surface area contributed by atoms with Gasteiger partial charge in [-0.2, -0.15) is 0 Å². The van der Waals surface area contributed by atoms with Crippen LogP contribution in [0, 0.1) is 13.8 Å². The van der Waals surface area contributed by atoms with Crippen LogP contribution in [0.25, 0.3) is 10.2 Å². The Bertz CT molecular complexity index is 779. The molecule has 1 atom stereocenters. The molecule has 0 unspecified atom stereocenters. The number of aromatic nitrogens is 2. The Kier molecular flexibility index (Phi) is 3.79. The van der Waals surface area contributed by atoms with Crippen molar-refractivity contribution in [3.8, 4) is 0 Å². The van der Waals surface area contributed by atoms with Crippen molar-refractivity contribution in [2.75, 3.05) is 5.75 Å². The summed E-state index contributed by atoms with van der Waals surface area (Å²) in [6.07, 6.45) is 1.46.